The van der Waals surface area contributed by atoms with E-state index in [2.05, 4.69) is 37.9 Å². The van der Waals surface area contributed by atoms with Gasteiger partial charge in [-0.2, -0.15) is 0 Å². The molecule has 0 aromatic heterocycles. The first-order chi connectivity index (χ1) is 6.41. The van der Waals surface area contributed by atoms with Crippen molar-refractivity contribution in [1.82, 2.24) is 10.2 Å². The van der Waals surface area contributed by atoms with Gasteiger partial charge in [0.05, 0.1) is 0 Å². The topological polar surface area (TPSA) is 15.3 Å². The maximum Gasteiger partial charge on any atom is 0.169 e. The summed E-state index contributed by atoms with van der Waals surface area (Å²) in [6.45, 7) is 11.1. The van der Waals surface area contributed by atoms with Gasteiger partial charge in [0.2, 0.25) is 0 Å². The molecule has 1 N–H and O–H groups in total. The Morgan fingerprint density at radius 3 is 2.57 bits per heavy atom. The zero-order valence-electron chi connectivity index (χ0n) is 9.76. The van der Waals surface area contributed by atoms with E-state index in [9.17, 15) is 0 Å². The number of hydrogen-bond donors (Lipinski definition) is 1. The van der Waals surface area contributed by atoms with E-state index >= 15 is 0 Å². The van der Waals surface area contributed by atoms with Gasteiger partial charge in [-0.3, -0.25) is 0 Å². The minimum Gasteiger partial charge on any atom is -0.360 e. The van der Waals surface area contributed by atoms with Crippen LogP contribution in [-0.4, -0.2) is 29.1 Å². The molecule has 1 heterocycles. The predicted octanol–water partition coefficient (Wildman–Crippen LogP) is 2.39. The van der Waals surface area contributed by atoms with E-state index in [1.54, 1.807) is 0 Å². The second kappa shape index (κ2) is 4.47. The number of likely N-dealkylation sites (tertiary alicyclic amines) is 1. The van der Waals surface area contributed by atoms with Crippen molar-refractivity contribution in [1.29, 1.82) is 0 Å². The lowest BCUT2D eigenvalue weighted by atomic mass is 9.84. The molecule has 82 valence electrons. The van der Waals surface area contributed by atoms with E-state index in [0.29, 0.717) is 11.5 Å². The first-order valence-corrected chi connectivity index (χ1v) is 5.87. The minimum atomic E-state index is 0.418. The number of nitrogens with one attached hydrogen (secondary N) is 1. The third kappa shape index (κ3) is 3.45. The summed E-state index contributed by atoms with van der Waals surface area (Å²) in [5.41, 5.74) is 0.418. The van der Waals surface area contributed by atoms with Crippen LogP contribution in [0.1, 0.15) is 40.5 Å². The molecule has 0 aromatic carbocycles. The minimum absolute atomic E-state index is 0.418. The molecular formula is C11H22N2S. The lowest BCUT2D eigenvalue weighted by Crippen LogP contribution is -2.49. The lowest BCUT2D eigenvalue weighted by molar-refractivity contribution is 0.177. The van der Waals surface area contributed by atoms with Crippen LogP contribution < -0.4 is 5.32 Å². The van der Waals surface area contributed by atoms with Crippen LogP contribution in [0, 0.1) is 5.41 Å². The smallest absolute Gasteiger partial charge is 0.169 e. The number of nitrogens with zero attached hydrogens (tertiary/aromatic N) is 1. The zero-order chi connectivity index (χ0) is 10.8. The largest absolute Gasteiger partial charge is 0.360 e. The fourth-order valence-electron chi connectivity index (χ4n) is 1.93. The second-order valence-corrected chi connectivity index (χ2v) is 5.68. The molecule has 1 saturated heterocycles. The normalized spacial score (nSPS) is 21.1. The molecule has 2 nitrogen and oxygen atoms in total. The number of thiocarbonyl (C=S) groups is 1. The van der Waals surface area contributed by atoms with Crippen molar-refractivity contribution in [2.75, 3.05) is 13.1 Å². The fourth-order valence-corrected chi connectivity index (χ4v) is 2.33. The molecule has 0 aliphatic carbocycles. The van der Waals surface area contributed by atoms with E-state index < -0.39 is 0 Å². The van der Waals surface area contributed by atoms with Crippen molar-refractivity contribution >= 4 is 17.3 Å². The van der Waals surface area contributed by atoms with Gasteiger partial charge in [0.25, 0.3) is 0 Å². The molecule has 3 heteroatoms. The summed E-state index contributed by atoms with van der Waals surface area (Å²) in [6.07, 6.45) is 2.57. The van der Waals surface area contributed by atoms with Crippen LogP contribution >= 0.6 is 12.2 Å². The van der Waals surface area contributed by atoms with Gasteiger partial charge in [0, 0.05) is 19.1 Å². The van der Waals surface area contributed by atoms with Crippen molar-refractivity contribution in [2.24, 2.45) is 5.41 Å². The molecule has 0 aromatic rings. The molecule has 1 aliphatic heterocycles. The Morgan fingerprint density at radius 2 is 2.07 bits per heavy atom. The van der Waals surface area contributed by atoms with Crippen molar-refractivity contribution in [3.8, 4) is 0 Å². The number of hydrogen-bond acceptors (Lipinski definition) is 1. The van der Waals surface area contributed by atoms with Gasteiger partial charge < -0.3 is 10.2 Å². The molecule has 0 amide bonds. The quantitative estimate of drug-likeness (QED) is 0.675. The number of rotatable bonds is 1. The van der Waals surface area contributed by atoms with Crippen molar-refractivity contribution in [3.05, 3.63) is 0 Å². The summed E-state index contributed by atoms with van der Waals surface area (Å²) in [6, 6.07) is 0.438. The van der Waals surface area contributed by atoms with Gasteiger partial charge in [0.1, 0.15) is 0 Å². The average molecular weight is 214 g/mol. The highest BCUT2D eigenvalue weighted by Crippen LogP contribution is 2.28. The Morgan fingerprint density at radius 1 is 1.43 bits per heavy atom. The van der Waals surface area contributed by atoms with Crippen molar-refractivity contribution in [2.45, 2.75) is 46.6 Å². The van der Waals surface area contributed by atoms with Gasteiger partial charge in [-0.15, -0.1) is 0 Å². The van der Waals surface area contributed by atoms with E-state index in [-0.39, 0.29) is 0 Å². The van der Waals surface area contributed by atoms with Crippen LogP contribution in [-0.2, 0) is 0 Å². The Kier molecular flexibility index (Phi) is 3.76. The third-order valence-corrected chi connectivity index (χ3v) is 2.98. The van der Waals surface area contributed by atoms with Crippen LogP contribution in [0.5, 0.6) is 0 Å². The van der Waals surface area contributed by atoms with Gasteiger partial charge in [-0.05, 0) is 44.3 Å². The molecule has 14 heavy (non-hydrogen) atoms. The predicted molar refractivity (Wildman–Crippen MR) is 65.5 cm³/mol. The summed E-state index contributed by atoms with van der Waals surface area (Å²) < 4.78 is 0. The molecule has 0 spiro atoms. The fraction of sp³-hybridized carbons (Fsp3) is 0.909. The second-order valence-electron chi connectivity index (χ2n) is 5.29. The maximum atomic E-state index is 5.37. The third-order valence-electron chi connectivity index (χ3n) is 2.60. The highest BCUT2D eigenvalue weighted by Gasteiger charge is 2.27. The van der Waals surface area contributed by atoms with Crippen molar-refractivity contribution in [3.63, 3.8) is 0 Å². The standard InChI is InChI=1S/C11H22N2S/c1-9(2)12-10(14)13-7-5-6-11(3,4)8-13/h9H,5-8H2,1-4H3,(H,12,14). The molecule has 1 aliphatic rings. The van der Waals surface area contributed by atoms with E-state index in [4.69, 9.17) is 12.2 Å². The van der Waals surface area contributed by atoms with Gasteiger partial charge >= 0.3 is 0 Å². The highest BCUT2D eigenvalue weighted by molar-refractivity contribution is 7.80. The van der Waals surface area contributed by atoms with Gasteiger partial charge in [-0.1, -0.05) is 13.8 Å². The molecule has 0 unspecified atom stereocenters. The Balaban J connectivity index is 2.48. The van der Waals surface area contributed by atoms with Crippen LogP contribution in [0.2, 0.25) is 0 Å². The molecule has 0 radical (unpaired) electrons. The SMILES string of the molecule is CC(C)NC(=S)N1CCCC(C)(C)C1. The molecule has 1 rings (SSSR count). The summed E-state index contributed by atoms with van der Waals surface area (Å²) in [5.74, 6) is 0. The maximum absolute atomic E-state index is 5.37. The Bertz CT molecular complexity index is 211. The highest BCUT2D eigenvalue weighted by atomic mass is 32.1. The summed E-state index contributed by atoms with van der Waals surface area (Å²) in [5, 5.41) is 4.23. The van der Waals surface area contributed by atoms with E-state index in [0.717, 1.165) is 18.2 Å². The first kappa shape index (κ1) is 11.8. The molecule has 0 saturated carbocycles. The Hall–Kier alpha value is -0.310. The number of piperidine rings is 1. The Labute approximate surface area is 93.1 Å². The first-order valence-electron chi connectivity index (χ1n) is 5.46. The van der Waals surface area contributed by atoms with Gasteiger partial charge in [-0.25, -0.2) is 0 Å². The van der Waals surface area contributed by atoms with Crippen LogP contribution in [0.15, 0.2) is 0 Å². The van der Waals surface area contributed by atoms with Crippen LogP contribution in [0.4, 0.5) is 0 Å². The average Bonchev–Trinajstić information content (AvgIpc) is 2.01. The summed E-state index contributed by atoms with van der Waals surface area (Å²) in [7, 11) is 0. The lowest BCUT2D eigenvalue weighted by Gasteiger charge is -2.39. The van der Waals surface area contributed by atoms with Gasteiger partial charge in [0.15, 0.2) is 5.11 Å². The summed E-state index contributed by atoms with van der Waals surface area (Å²) in [4.78, 5) is 2.30. The molecular weight excluding hydrogens is 192 g/mol. The molecule has 0 bridgehead atoms. The van der Waals surface area contributed by atoms with E-state index in [1.807, 2.05) is 0 Å². The summed E-state index contributed by atoms with van der Waals surface area (Å²) >= 11 is 5.37. The molecule has 1 fully saturated rings. The molecule has 0 atom stereocenters. The van der Waals surface area contributed by atoms with E-state index in [1.165, 1.54) is 12.8 Å². The van der Waals surface area contributed by atoms with Crippen LogP contribution in [0.25, 0.3) is 0 Å². The van der Waals surface area contributed by atoms with Crippen LogP contribution in [0.3, 0.4) is 0 Å². The van der Waals surface area contributed by atoms with Crippen molar-refractivity contribution < 1.29 is 0 Å². The monoisotopic (exact) mass is 214 g/mol. The zero-order valence-corrected chi connectivity index (χ0v) is 10.6.